The molecule has 3 heterocycles. The number of benzene rings is 1. The van der Waals surface area contributed by atoms with Gasteiger partial charge in [0.1, 0.15) is 11.4 Å². The lowest BCUT2D eigenvalue weighted by Crippen LogP contribution is -2.28. The molecule has 1 aliphatic rings. The number of nitrogens with one attached hydrogen (secondary N) is 1. The first kappa shape index (κ1) is 30.4. The number of ether oxygens (including phenoxy) is 2. The number of amides is 3. The molecule has 1 aliphatic heterocycles. The van der Waals surface area contributed by atoms with E-state index in [0.717, 1.165) is 55.5 Å². The van der Waals surface area contributed by atoms with E-state index >= 15 is 0 Å². The summed E-state index contributed by atoms with van der Waals surface area (Å²) in [5.74, 6) is 0.859. The van der Waals surface area contributed by atoms with Crippen LogP contribution in [0.1, 0.15) is 51.4 Å². The van der Waals surface area contributed by atoms with E-state index < -0.39 is 0 Å². The van der Waals surface area contributed by atoms with Crippen LogP contribution in [0, 0.1) is 6.92 Å². The Morgan fingerprint density at radius 2 is 1.86 bits per heavy atom. The third-order valence-corrected chi connectivity index (χ3v) is 7.40. The molecule has 1 N–H and O–H groups in total. The highest BCUT2D eigenvalue weighted by Crippen LogP contribution is 2.35. The molecule has 1 aromatic carbocycles. The van der Waals surface area contributed by atoms with Gasteiger partial charge < -0.3 is 33.7 Å². The fraction of sp³-hybridized carbons (Fsp3) is 0.419. The number of aliphatic imine (C=N–C) groups is 1. The molecule has 0 spiro atoms. The molecule has 1 atom stereocenters. The Balaban J connectivity index is 1.34. The maximum absolute atomic E-state index is 13.0. The number of aromatic nitrogens is 2. The summed E-state index contributed by atoms with van der Waals surface area (Å²) in [5.41, 5.74) is 4.32. The van der Waals surface area contributed by atoms with Crippen LogP contribution >= 0.6 is 0 Å². The summed E-state index contributed by atoms with van der Waals surface area (Å²) in [6.45, 7) is 3.18. The van der Waals surface area contributed by atoms with E-state index in [2.05, 4.69) is 10.3 Å². The van der Waals surface area contributed by atoms with E-state index in [1.54, 1.807) is 54.6 Å². The molecule has 4 rings (SSSR count). The highest BCUT2D eigenvalue weighted by molar-refractivity contribution is 6.04. The van der Waals surface area contributed by atoms with Gasteiger partial charge in [-0.25, -0.2) is 0 Å². The number of hydrogen-bond donors (Lipinski definition) is 1. The summed E-state index contributed by atoms with van der Waals surface area (Å²) in [4.78, 5) is 44.5. The van der Waals surface area contributed by atoms with Gasteiger partial charge in [0.15, 0.2) is 11.5 Å². The monoisotopic (exact) mass is 576 g/mol. The average Bonchev–Trinajstić information content (AvgIpc) is 3.67. The predicted molar refractivity (Wildman–Crippen MR) is 162 cm³/mol. The number of rotatable bonds is 12. The zero-order valence-corrected chi connectivity index (χ0v) is 25.2. The molecule has 0 saturated carbocycles. The minimum Gasteiger partial charge on any atom is -0.493 e. The van der Waals surface area contributed by atoms with E-state index in [0.29, 0.717) is 35.2 Å². The second kappa shape index (κ2) is 13.4. The van der Waals surface area contributed by atoms with E-state index in [-0.39, 0.29) is 17.9 Å². The van der Waals surface area contributed by atoms with Crippen LogP contribution in [0.25, 0.3) is 0 Å². The molecule has 3 amide bonds. The second-order valence-electron chi connectivity index (χ2n) is 10.8. The molecule has 11 heteroatoms. The van der Waals surface area contributed by atoms with Gasteiger partial charge in [-0.3, -0.25) is 19.4 Å². The highest BCUT2D eigenvalue weighted by atomic mass is 16.5. The summed E-state index contributed by atoms with van der Waals surface area (Å²) >= 11 is 0. The van der Waals surface area contributed by atoms with Crippen molar-refractivity contribution < 1.29 is 23.9 Å². The molecule has 1 unspecified atom stereocenters. The van der Waals surface area contributed by atoms with E-state index in [9.17, 15) is 14.4 Å². The first-order valence-corrected chi connectivity index (χ1v) is 14.0. The summed E-state index contributed by atoms with van der Waals surface area (Å²) in [6.07, 6.45) is 9.72. The summed E-state index contributed by atoms with van der Waals surface area (Å²) in [7, 11) is 8.59. The van der Waals surface area contributed by atoms with Crippen LogP contribution in [0.3, 0.4) is 0 Å². The van der Waals surface area contributed by atoms with Gasteiger partial charge in [-0.1, -0.05) is 0 Å². The van der Waals surface area contributed by atoms with E-state index in [4.69, 9.17) is 9.47 Å². The minimum atomic E-state index is -0.249. The Labute approximate surface area is 246 Å². The molecule has 0 radical (unpaired) electrons. The molecule has 2 aromatic heterocycles. The van der Waals surface area contributed by atoms with Crippen molar-refractivity contribution in [3.8, 4) is 11.5 Å². The minimum absolute atomic E-state index is 0.0173. The van der Waals surface area contributed by atoms with Crippen molar-refractivity contribution in [1.82, 2.24) is 18.9 Å². The smallest absolute Gasteiger partial charge is 0.272 e. The lowest BCUT2D eigenvalue weighted by molar-refractivity contribution is -0.117. The van der Waals surface area contributed by atoms with Crippen LogP contribution in [0.15, 0.2) is 41.7 Å². The molecular weight excluding hydrogens is 536 g/mol. The summed E-state index contributed by atoms with van der Waals surface area (Å²) in [6, 6.07) is 7.34. The topological polar surface area (TPSA) is 110 Å². The van der Waals surface area contributed by atoms with Crippen molar-refractivity contribution in [1.29, 1.82) is 0 Å². The van der Waals surface area contributed by atoms with Crippen LogP contribution in [-0.4, -0.2) is 83.8 Å². The largest absolute Gasteiger partial charge is 0.493 e. The maximum Gasteiger partial charge on any atom is 0.272 e. The maximum atomic E-state index is 13.0. The second-order valence-corrected chi connectivity index (χ2v) is 10.8. The average molecular weight is 577 g/mol. The zero-order valence-electron chi connectivity index (χ0n) is 25.2. The number of nitrogens with zero attached hydrogens (tertiary/aromatic N) is 5. The highest BCUT2D eigenvalue weighted by Gasteiger charge is 2.21. The van der Waals surface area contributed by atoms with Gasteiger partial charge in [-0.05, 0) is 61.9 Å². The van der Waals surface area contributed by atoms with Crippen LogP contribution in [0.2, 0.25) is 0 Å². The van der Waals surface area contributed by atoms with Crippen molar-refractivity contribution >= 4 is 35.8 Å². The van der Waals surface area contributed by atoms with Gasteiger partial charge in [0, 0.05) is 59.4 Å². The normalized spacial score (nSPS) is 14.8. The van der Waals surface area contributed by atoms with Gasteiger partial charge in [-0.15, -0.1) is 0 Å². The van der Waals surface area contributed by atoms with Crippen LogP contribution in [0.5, 0.6) is 11.5 Å². The quantitative estimate of drug-likeness (QED) is 0.199. The number of hydrogen-bond acceptors (Lipinski definition) is 6. The Kier molecular flexibility index (Phi) is 9.72. The Bertz CT molecular complexity index is 1470. The van der Waals surface area contributed by atoms with Crippen LogP contribution in [0.4, 0.5) is 11.4 Å². The summed E-state index contributed by atoms with van der Waals surface area (Å²) < 4.78 is 15.1. The van der Waals surface area contributed by atoms with E-state index in [1.165, 1.54) is 4.90 Å². The van der Waals surface area contributed by atoms with Gasteiger partial charge in [0.05, 0.1) is 31.1 Å². The van der Waals surface area contributed by atoms with E-state index in [1.807, 2.05) is 44.6 Å². The van der Waals surface area contributed by atoms with Crippen molar-refractivity contribution in [3.05, 3.63) is 59.2 Å². The van der Waals surface area contributed by atoms with Gasteiger partial charge >= 0.3 is 0 Å². The van der Waals surface area contributed by atoms with Crippen molar-refractivity contribution in [3.63, 3.8) is 0 Å². The lowest BCUT2D eigenvalue weighted by atomic mass is 10.1. The molecule has 0 aliphatic carbocycles. The third-order valence-electron chi connectivity index (χ3n) is 7.40. The number of carbonyl (C=O) groups is 3. The molecule has 1 fully saturated rings. The van der Waals surface area contributed by atoms with Gasteiger partial charge in [0.2, 0.25) is 6.41 Å². The van der Waals surface area contributed by atoms with Gasteiger partial charge in [-0.2, -0.15) is 0 Å². The molecule has 42 heavy (non-hydrogen) atoms. The SMILES string of the molecule is COc1cc(C)c(N=CC2CCCN2C=O)cc1OCCCc1cc(C(=O)Nc2cc(C(=O)N(C)C)n(C)c2)n(C)c1. The molecule has 224 valence electrons. The van der Waals surface area contributed by atoms with Crippen molar-refractivity contribution in [2.45, 2.75) is 38.6 Å². The fourth-order valence-corrected chi connectivity index (χ4v) is 5.06. The number of methoxy groups -OCH3 is 1. The van der Waals surface area contributed by atoms with Crippen molar-refractivity contribution in [2.24, 2.45) is 19.1 Å². The first-order valence-electron chi connectivity index (χ1n) is 14.0. The molecule has 1 saturated heterocycles. The molecular formula is C31H40N6O5. The molecule has 11 nitrogen and oxygen atoms in total. The Morgan fingerprint density at radius 3 is 2.57 bits per heavy atom. The molecule has 0 bridgehead atoms. The Morgan fingerprint density at radius 1 is 1.10 bits per heavy atom. The number of likely N-dealkylation sites (tertiary alicyclic amines) is 1. The molecule has 3 aromatic rings. The number of anilines is 1. The number of carbonyl (C=O) groups excluding carboxylic acids is 3. The van der Waals surface area contributed by atoms with Gasteiger partial charge in [0.25, 0.3) is 11.8 Å². The first-order chi connectivity index (χ1) is 20.1. The summed E-state index contributed by atoms with van der Waals surface area (Å²) in [5, 5.41) is 2.89. The fourth-order valence-electron chi connectivity index (χ4n) is 5.06. The van der Waals surface area contributed by atoms with Crippen LogP contribution < -0.4 is 14.8 Å². The third kappa shape index (κ3) is 7.02. The standard InChI is InChI=1S/C31H40N6O5/c1-21-13-28(41-6)29(16-25(21)32-17-24-10-7-11-37(24)20-38)42-12-8-9-22-14-26(35(4)18-22)30(39)33-23-15-27(36(5)19-23)31(40)34(2)3/h13-20,24H,7-12H2,1-6H3,(H,33,39). The van der Waals surface area contributed by atoms with Crippen molar-refractivity contribution in [2.75, 3.05) is 39.7 Å². The van der Waals surface area contributed by atoms with Crippen LogP contribution in [-0.2, 0) is 25.3 Å². The number of aryl methyl sites for hydroxylation is 4. The predicted octanol–water partition coefficient (Wildman–Crippen LogP) is 3.97. The lowest BCUT2D eigenvalue weighted by Gasteiger charge is -2.16. The Hall–Kier alpha value is -4.54. The zero-order chi connectivity index (χ0) is 30.4.